The Labute approximate surface area is 202 Å². The fourth-order valence-electron chi connectivity index (χ4n) is 4.36. The SMILES string of the molecule is CCOC(=O)c1c(NC(=O)C(C)n2nc(C)c3cnn(C(C)(C)C)c3c2=O)sc2c1CCCC2. The minimum atomic E-state index is -0.895. The third-order valence-electron chi connectivity index (χ3n) is 6.10. The van der Waals surface area contributed by atoms with Crippen molar-refractivity contribution in [3.63, 3.8) is 0 Å². The number of carbonyl (C=O) groups excluding carboxylic acids is 2. The average Bonchev–Trinajstić information content (AvgIpc) is 3.38. The highest BCUT2D eigenvalue weighted by molar-refractivity contribution is 7.17. The van der Waals surface area contributed by atoms with E-state index < -0.39 is 23.5 Å². The number of carbonyl (C=O) groups is 2. The van der Waals surface area contributed by atoms with Crippen LogP contribution in [0.25, 0.3) is 10.9 Å². The fraction of sp³-hybridized carbons (Fsp3) is 0.542. The molecular formula is C24H31N5O4S. The van der Waals surface area contributed by atoms with E-state index in [4.69, 9.17) is 4.74 Å². The van der Waals surface area contributed by atoms with Crippen LogP contribution in [0.5, 0.6) is 0 Å². The number of hydrogen-bond donors (Lipinski definition) is 1. The Kier molecular flexibility index (Phi) is 6.37. The summed E-state index contributed by atoms with van der Waals surface area (Å²) >= 11 is 1.42. The first-order chi connectivity index (χ1) is 16.0. The van der Waals surface area contributed by atoms with Crippen molar-refractivity contribution >= 4 is 39.1 Å². The zero-order valence-corrected chi connectivity index (χ0v) is 21.3. The predicted octanol–water partition coefficient (Wildman–Crippen LogP) is 3.97. The van der Waals surface area contributed by atoms with Gasteiger partial charge in [0.1, 0.15) is 16.6 Å². The monoisotopic (exact) mass is 485 g/mol. The number of esters is 1. The summed E-state index contributed by atoms with van der Waals surface area (Å²) in [6, 6.07) is -0.895. The van der Waals surface area contributed by atoms with Crippen molar-refractivity contribution in [1.29, 1.82) is 0 Å². The maximum Gasteiger partial charge on any atom is 0.341 e. The van der Waals surface area contributed by atoms with E-state index in [0.717, 1.165) is 36.1 Å². The van der Waals surface area contributed by atoms with Gasteiger partial charge in [-0.25, -0.2) is 9.48 Å². The molecule has 0 fully saturated rings. The molecule has 1 atom stereocenters. The Morgan fingerprint density at radius 3 is 2.65 bits per heavy atom. The lowest BCUT2D eigenvalue weighted by atomic mass is 9.95. The highest BCUT2D eigenvalue weighted by atomic mass is 32.1. The average molecular weight is 486 g/mol. The Bertz CT molecular complexity index is 1330. The number of fused-ring (bicyclic) bond motifs is 2. The summed E-state index contributed by atoms with van der Waals surface area (Å²) < 4.78 is 8.15. The van der Waals surface area contributed by atoms with Gasteiger partial charge in [-0.1, -0.05) is 0 Å². The molecule has 3 aromatic rings. The number of aryl methyl sites for hydroxylation is 2. The van der Waals surface area contributed by atoms with Crippen molar-refractivity contribution in [3.8, 4) is 0 Å². The summed E-state index contributed by atoms with van der Waals surface area (Å²) in [5.41, 5.74) is 1.65. The highest BCUT2D eigenvalue weighted by Crippen LogP contribution is 2.39. The van der Waals surface area contributed by atoms with Gasteiger partial charge in [0.05, 0.1) is 29.6 Å². The lowest BCUT2D eigenvalue weighted by Crippen LogP contribution is -2.36. The maximum atomic E-state index is 13.4. The Morgan fingerprint density at radius 1 is 1.26 bits per heavy atom. The van der Waals surface area contributed by atoms with Crippen molar-refractivity contribution in [2.75, 3.05) is 11.9 Å². The van der Waals surface area contributed by atoms with Crippen molar-refractivity contribution in [2.24, 2.45) is 0 Å². The van der Waals surface area contributed by atoms with Gasteiger partial charge in [0, 0.05) is 10.3 Å². The van der Waals surface area contributed by atoms with Crippen LogP contribution in [0.15, 0.2) is 11.0 Å². The van der Waals surface area contributed by atoms with Gasteiger partial charge in [0.2, 0.25) is 5.91 Å². The van der Waals surface area contributed by atoms with Gasteiger partial charge >= 0.3 is 5.97 Å². The number of anilines is 1. The number of aromatic nitrogens is 4. The van der Waals surface area contributed by atoms with E-state index in [1.807, 2.05) is 20.8 Å². The predicted molar refractivity (Wildman–Crippen MR) is 132 cm³/mol. The third kappa shape index (κ3) is 4.15. The Morgan fingerprint density at radius 2 is 1.97 bits per heavy atom. The van der Waals surface area contributed by atoms with Gasteiger partial charge in [-0.3, -0.25) is 14.3 Å². The van der Waals surface area contributed by atoms with E-state index in [-0.39, 0.29) is 12.2 Å². The molecule has 1 amide bonds. The molecule has 1 unspecified atom stereocenters. The van der Waals surface area contributed by atoms with Gasteiger partial charge < -0.3 is 10.1 Å². The van der Waals surface area contributed by atoms with Crippen LogP contribution in [0.3, 0.4) is 0 Å². The van der Waals surface area contributed by atoms with Crippen LogP contribution in [0, 0.1) is 6.92 Å². The van der Waals surface area contributed by atoms with Crippen molar-refractivity contribution < 1.29 is 14.3 Å². The number of rotatable bonds is 5. The first kappa shape index (κ1) is 24.1. The van der Waals surface area contributed by atoms with Gasteiger partial charge in [0.25, 0.3) is 5.56 Å². The summed E-state index contributed by atoms with van der Waals surface area (Å²) in [4.78, 5) is 40.5. The molecule has 0 saturated heterocycles. The van der Waals surface area contributed by atoms with Crippen molar-refractivity contribution in [1.82, 2.24) is 19.6 Å². The molecule has 3 aromatic heterocycles. The summed E-state index contributed by atoms with van der Waals surface area (Å²) in [5.74, 6) is -0.842. The van der Waals surface area contributed by atoms with E-state index in [1.54, 1.807) is 31.6 Å². The zero-order chi connectivity index (χ0) is 24.8. The number of nitrogens with zero attached hydrogens (tertiary/aromatic N) is 4. The molecule has 0 radical (unpaired) electrons. The smallest absolute Gasteiger partial charge is 0.341 e. The number of hydrogen-bond acceptors (Lipinski definition) is 7. The van der Waals surface area contributed by atoms with Crippen LogP contribution < -0.4 is 10.9 Å². The molecule has 1 aliphatic rings. The van der Waals surface area contributed by atoms with Crippen LogP contribution in [0.4, 0.5) is 5.00 Å². The Hall–Kier alpha value is -3.01. The van der Waals surface area contributed by atoms with Crippen LogP contribution in [0.1, 0.15) is 80.0 Å². The van der Waals surface area contributed by atoms with Crippen molar-refractivity contribution in [3.05, 3.63) is 38.2 Å². The van der Waals surface area contributed by atoms with Gasteiger partial charge in [0.15, 0.2) is 0 Å². The third-order valence-corrected chi connectivity index (χ3v) is 7.30. The van der Waals surface area contributed by atoms with Gasteiger partial charge in [-0.2, -0.15) is 10.2 Å². The maximum absolute atomic E-state index is 13.4. The Balaban J connectivity index is 1.72. The summed E-state index contributed by atoms with van der Waals surface area (Å²) in [6.07, 6.45) is 5.37. The lowest BCUT2D eigenvalue weighted by Gasteiger charge is -2.21. The molecule has 10 heteroatoms. The zero-order valence-electron chi connectivity index (χ0n) is 20.5. The first-order valence-electron chi connectivity index (χ1n) is 11.6. The molecule has 4 rings (SSSR count). The van der Waals surface area contributed by atoms with Crippen LogP contribution in [-0.4, -0.2) is 38.0 Å². The summed E-state index contributed by atoms with van der Waals surface area (Å²) in [7, 11) is 0. The van der Waals surface area contributed by atoms with Gasteiger partial charge in [-0.05, 0) is 72.8 Å². The number of nitrogens with one attached hydrogen (secondary N) is 1. The molecular weight excluding hydrogens is 454 g/mol. The highest BCUT2D eigenvalue weighted by Gasteiger charge is 2.30. The van der Waals surface area contributed by atoms with E-state index in [1.165, 1.54) is 16.0 Å². The molecule has 9 nitrogen and oxygen atoms in total. The first-order valence-corrected chi connectivity index (χ1v) is 12.5. The molecule has 0 aromatic carbocycles. The topological polar surface area (TPSA) is 108 Å². The van der Waals surface area contributed by atoms with Gasteiger partial charge in [-0.15, -0.1) is 11.3 Å². The second-order valence-electron chi connectivity index (χ2n) is 9.63. The number of ether oxygens (including phenoxy) is 1. The molecule has 1 N–H and O–H groups in total. The van der Waals surface area contributed by atoms with E-state index in [2.05, 4.69) is 15.5 Å². The molecule has 0 aliphatic heterocycles. The molecule has 182 valence electrons. The second-order valence-corrected chi connectivity index (χ2v) is 10.7. The minimum Gasteiger partial charge on any atom is -0.462 e. The largest absolute Gasteiger partial charge is 0.462 e. The van der Waals surface area contributed by atoms with E-state index in [9.17, 15) is 14.4 Å². The summed E-state index contributed by atoms with van der Waals surface area (Å²) in [6.45, 7) is 11.3. The molecule has 0 bridgehead atoms. The van der Waals surface area contributed by atoms with Crippen LogP contribution in [-0.2, 0) is 27.9 Å². The number of amides is 1. The second kappa shape index (κ2) is 8.98. The lowest BCUT2D eigenvalue weighted by molar-refractivity contribution is -0.119. The molecule has 0 saturated carbocycles. The fourth-order valence-corrected chi connectivity index (χ4v) is 5.64. The van der Waals surface area contributed by atoms with E-state index >= 15 is 0 Å². The normalized spacial score (nSPS) is 14.6. The van der Waals surface area contributed by atoms with Crippen LogP contribution >= 0.6 is 11.3 Å². The molecule has 1 aliphatic carbocycles. The van der Waals surface area contributed by atoms with Crippen LogP contribution in [0.2, 0.25) is 0 Å². The standard InChI is InChI=1S/C24H31N5O4S/c1-7-33-23(32)18-15-10-8-9-11-17(15)34-21(18)26-20(30)14(3)28-22(31)19-16(13(2)27-28)12-25-29(19)24(4,5)6/h12,14H,7-11H2,1-6H3,(H,26,30). The number of thiophene rings is 1. The minimum absolute atomic E-state index is 0.257. The van der Waals surface area contributed by atoms with E-state index in [0.29, 0.717) is 27.2 Å². The quantitative estimate of drug-likeness (QED) is 0.548. The molecule has 34 heavy (non-hydrogen) atoms. The summed E-state index contributed by atoms with van der Waals surface area (Å²) in [5, 5.41) is 12.9. The molecule has 0 spiro atoms. The molecule has 3 heterocycles. The van der Waals surface area contributed by atoms with Crippen molar-refractivity contribution in [2.45, 2.75) is 78.8 Å².